The van der Waals surface area contributed by atoms with Gasteiger partial charge in [0.1, 0.15) is 0 Å². The lowest BCUT2D eigenvalue weighted by Gasteiger charge is -2.07. The number of fused-ring (bicyclic) bond motifs is 5. The molecule has 140 valence electrons. The summed E-state index contributed by atoms with van der Waals surface area (Å²) in [5.41, 5.74) is 5.58. The van der Waals surface area contributed by atoms with Crippen molar-refractivity contribution < 1.29 is 0 Å². The van der Waals surface area contributed by atoms with E-state index in [0.717, 1.165) is 50.2 Å². The number of aromatic amines is 1. The van der Waals surface area contributed by atoms with Gasteiger partial charge >= 0.3 is 0 Å². The molecule has 7 heteroatoms. The molecule has 29 heavy (non-hydrogen) atoms. The largest absolute Gasteiger partial charge is 0.351 e. The second-order valence-corrected chi connectivity index (χ2v) is 7.21. The van der Waals surface area contributed by atoms with Crippen molar-refractivity contribution in [2.45, 2.75) is 13.8 Å². The van der Waals surface area contributed by atoms with Crippen LogP contribution in [0.1, 0.15) is 11.4 Å². The first-order valence-corrected chi connectivity index (χ1v) is 9.45. The van der Waals surface area contributed by atoms with Crippen LogP contribution in [-0.2, 0) is 0 Å². The fourth-order valence-corrected chi connectivity index (χ4v) is 3.98. The molecule has 2 aromatic carbocycles. The Morgan fingerprint density at radius 3 is 2.45 bits per heavy atom. The third-order valence-electron chi connectivity index (χ3n) is 5.23. The van der Waals surface area contributed by atoms with Crippen molar-refractivity contribution in [1.82, 2.24) is 34.6 Å². The van der Waals surface area contributed by atoms with E-state index in [9.17, 15) is 0 Å². The average Bonchev–Trinajstić information content (AvgIpc) is 3.42. The van der Waals surface area contributed by atoms with Gasteiger partial charge in [0, 0.05) is 22.2 Å². The van der Waals surface area contributed by atoms with Gasteiger partial charge in [-0.15, -0.1) is 15.3 Å². The zero-order chi connectivity index (χ0) is 19.5. The summed E-state index contributed by atoms with van der Waals surface area (Å²) in [7, 11) is 0. The fraction of sp³-hybridized carbons (Fsp3) is 0.0909. The van der Waals surface area contributed by atoms with Crippen molar-refractivity contribution in [3.05, 3.63) is 72.1 Å². The van der Waals surface area contributed by atoms with Crippen molar-refractivity contribution in [2.75, 3.05) is 0 Å². The summed E-state index contributed by atoms with van der Waals surface area (Å²) in [6.07, 6.45) is 0. The van der Waals surface area contributed by atoms with E-state index in [4.69, 9.17) is 5.10 Å². The van der Waals surface area contributed by atoms with Gasteiger partial charge in [-0.2, -0.15) is 9.61 Å². The van der Waals surface area contributed by atoms with E-state index in [1.54, 1.807) is 0 Å². The second kappa shape index (κ2) is 5.75. The van der Waals surface area contributed by atoms with Crippen molar-refractivity contribution in [3.63, 3.8) is 0 Å². The summed E-state index contributed by atoms with van der Waals surface area (Å²) in [4.78, 5) is 3.52. The summed E-state index contributed by atoms with van der Waals surface area (Å²) in [5.74, 6) is 1.43. The van der Waals surface area contributed by atoms with Gasteiger partial charge in [-0.1, -0.05) is 48.5 Å². The van der Waals surface area contributed by atoms with E-state index in [1.807, 2.05) is 71.6 Å². The van der Waals surface area contributed by atoms with Crippen LogP contribution in [0.3, 0.4) is 0 Å². The Kier molecular flexibility index (Phi) is 3.17. The predicted molar refractivity (Wildman–Crippen MR) is 112 cm³/mol. The normalized spacial score (nSPS) is 11.8. The molecule has 0 atom stereocenters. The minimum Gasteiger partial charge on any atom is -0.351 e. The van der Waals surface area contributed by atoms with Crippen molar-refractivity contribution in [1.29, 1.82) is 0 Å². The molecular weight excluding hydrogens is 362 g/mol. The number of aryl methyl sites for hydroxylation is 2. The molecule has 6 rings (SSSR count). The quantitative estimate of drug-likeness (QED) is 0.488. The van der Waals surface area contributed by atoms with Crippen LogP contribution in [0.2, 0.25) is 0 Å². The Balaban J connectivity index is 1.81. The van der Waals surface area contributed by atoms with Gasteiger partial charge in [0.05, 0.1) is 16.6 Å². The first-order valence-electron chi connectivity index (χ1n) is 9.45. The molecule has 4 aromatic heterocycles. The number of hydrogen-bond acceptors (Lipinski definition) is 4. The van der Waals surface area contributed by atoms with Gasteiger partial charge in [-0.3, -0.25) is 0 Å². The van der Waals surface area contributed by atoms with Crippen molar-refractivity contribution in [3.8, 4) is 17.2 Å². The molecule has 1 N–H and O–H groups in total. The Labute approximate surface area is 165 Å². The number of H-pyrrole nitrogens is 1. The molecule has 0 spiro atoms. The second-order valence-electron chi connectivity index (χ2n) is 7.21. The molecule has 0 saturated heterocycles. The third kappa shape index (κ3) is 2.24. The number of rotatable bonds is 2. The molecule has 0 aliphatic rings. The number of nitrogens with one attached hydrogen (secondary N) is 1. The maximum atomic E-state index is 4.94. The minimum absolute atomic E-state index is 0.704. The standard InChI is InChI=1S/C22H17N7/c1-13-12-14(2)28(26-13)22-19-18(16-10-6-7-11-17(16)23-19)21-25-24-20(29(21)27-22)15-8-4-3-5-9-15/h3-12,23H,1-2H3. The van der Waals surface area contributed by atoms with Crippen LogP contribution >= 0.6 is 0 Å². The highest BCUT2D eigenvalue weighted by Gasteiger charge is 2.21. The van der Waals surface area contributed by atoms with Gasteiger partial charge in [0.15, 0.2) is 17.3 Å². The number of benzene rings is 2. The molecule has 0 aliphatic heterocycles. The highest BCUT2D eigenvalue weighted by molar-refractivity contribution is 6.15. The van der Waals surface area contributed by atoms with Crippen LogP contribution < -0.4 is 0 Å². The van der Waals surface area contributed by atoms with Crippen LogP contribution in [0.25, 0.3) is 44.7 Å². The molecule has 7 nitrogen and oxygen atoms in total. The third-order valence-corrected chi connectivity index (χ3v) is 5.23. The Bertz CT molecular complexity index is 1520. The number of hydrogen-bond donors (Lipinski definition) is 1. The zero-order valence-electron chi connectivity index (χ0n) is 16.0. The van der Waals surface area contributed by atoms with Gasteiger partial charge in [0.2, 0.25) is 0 Å². The number of nitrogens with zero attached hydrogens (tertiary/aromatic N) is 6. The van der Waals surface area contributed by atoms with Crippen molar-refractivity contribution in [2.24, 2.45) is 0 Å². The molecule has 0 fully saturated rings. The summed E-state index contributed by atoms with van der Waals surface area (Å²) in [6, 6.07) is 20.2. The van der Waals surface area contributed by atoms with Gasteiger partial charge in [-0.05, 0) is 26.0 Å². The highest BCUT2D eigenvalue weighted by atomic mass is 15.4. The molecule has 0 saturated carbocycles. The molecule has 0 bridgehead atoms. The van der Waals surface area contributed by atoms with Gasteiger partial charge in [-0.25, -0.2) is 4.68 Å². The van der Waals surface area contributed by atoms with E-state index in [0.29, 0.717) is 5.82 Å². The SMILES string of the molecule is Cc1cc(C)n(-c2nn3c(-c4ccccc4)nnc3c3c2[nH]c2ccccc23)n1. The van der Waals surface area contributed by atoms with Crippen LogP contribution in [0.5, 0.6) is 0 Å². The van der Waals surface area contributed by atoms with Crippen LogP contribution in [0.15, 0.2) is 60.7 Å². The highest BCUT2D eigenvalue weighted by Crippen LogP contribution is 2.32. The van der Waals surface area contributed by atoms with E-state index in [1.165, 1.54) is 0 Å². The number of aromatic nitrogens is 7. The molecule has 0 aliphatic carbocycles. The summed E-state index contributed by atoms with van der Waals surface area (Å²) in [6.45, 7) is 4.02. The minimum atomic E-state index is 0.704. The predicted octanol–water partition coefficient (Wildman–Crippen LogP) is 4.23. The smallest absolute Gasteiger partial charge is 0.198 e. The topological polar surface area (TPSA) is 76.7 Å². The monoisotopic (exact) mass is 379 g/mol. The van der Waals surface area contributed by atoms with E-state index in [-0.39, 0.29) is 0 Å². The Morgan fingerprint density at radius 1 is 0.862 bits per heavy atom. The summed E-state index contributed by atoms with van der Waals surface area (Å²) < 4.78 is 3.70. The molecule has 4 heterocycles. The lowest BCUT2D eigenvalue weighted by Crippen LogP contribution is -2.07. The van der Waals surface area contributed by atoms with Gasteiger partial charge < -0.3 is 4.98 Å². The lowest BCUT2D eigenvalue weighted by molar-refractivity contribution is 0.775. The molecule has 0 radical (unpaired) electrons. The number of para-hydroxylation sites is 1. The van der Waals surface area contributed by atoms with E-state index >= 15 is 0 Å². The molecular formula is C22H17N7. The Hall–Kier alpha value is -4.00. The maximum Gasteiger partial charge on any atom is 0.198 e. The van der Waals surface area contributed by atoms with Gasteiger partial charge in [0.25, 0.3) is 0 Å². The summed E-state index contributed by atoms with van der Waals surface area (Å²) >= 11 is 0. The van der Waals surface area contributed by atoms with Crippen molar-refractivity contribution >= 4 is 27.5 Å². The fourth-order valence-electron chi connectivity index (χ4n) is 3.98. The molecule has 0 unspecified atom stereocenters. The molecule has 0 amide bonds. The first-order chi connectivity index (χ1) is 14.2. The van der Waals surface area contributed by atoms with Crippen LogP contribution in [-0.4, -0.2) is 34.6 Å². The summed E-state index contributed by atoms with van der Waals surface area (Å²) in [5, 5.41) is 20.7. The lowest BCUT2D eigenvalue weighted by atomic mass is 10.2. The maximum absolute atomic E-state index is 4.94. The zero-order valence-corrected chi connectivity index (χ0v) is 16.0. The average molecular weight is 379 g/mol. The van der Waals surface area contributed by atoms with E-state index in [2.05, 4.69) is 32.4 Å². The van der Waals surface area contributed by atoms with Crippen LogP contribution in [0, 0.1) is 13.8 Å². The van der Waals surface area contributed by atoms with E-state index < -0.39 is 0 Å². The molecule has 6 aromatic rings. The Morgan fingerprint density at radius 2 is 1.66 bits per heavy atom. The van der Waals surface area contributed by atoms with Crippen LogP contribution in [0.4, 0.5) is 0 Å². The first kappa shape index (κ1) is 16.0.